The summed E-state index contributed by atoms with van der Waals surface area (Å²) in [5, 5.41) is 10.2. The van der Waals surface area contributed by atoms with Gasteiger partial charge in [-0.1, -0.05) is 23.8 Å². The first-order chi connectivity index (χ1) is 8.99. The van der Waals surface area contributed by atoms with Crippen LogP contribution >= 0.6 is 0 Å². The number of hydrogen-bond donors (Lipinski definition) is 1. The summed E-state index contributed by atoms with van der Waals surface area (Å²) in [4.78, 5) is 13.7. The molecular weight excluding hydrogens is 238 g/mol. The number of carbonyl (C=O) groups excluding carboxylic acids is 1. The number of benzene rings is 1. The van der Waals surface area contributed by atoms with Crippen LogP contribution in [0.4, 0.5) is 0 Å². The smallest absolute Gasteiger partial charge is 0.222 e. The molecule has 3 nitrogen and oxygen atoms in total. The monoisotopic (exact) mass is 263 g/mol. The van der Waals surface area contributed by atoms with Gasteiger partial charge in [-0.05, 0) is 45.2 Å². The van der Waals surface area contributed by atoms with Gasteiger partial charge in [-0.2, -0.15) is 0 Å². The van der Waals surface area contributed by atoms with Crippen LogP contribution in [0.2, 0.25) is 0 Å². The summed E-state index contributed by atoms with van der Waals surface area (Å²) in [5.74, 6) is 0.120. The number of rotatable bonds is 6. The van der Waals surface area contributed by atoms with Gasteiger partial charge in [0.05, 0.1) is 6.10 Å². The highest BCUT2D eigenvalue weighted by Crippen LogP contribution is 2.23. The fraction of sp³-hybridized carbons (Fsp3) is 0.562. The fourth-order valence-corrected chi connectivity index (χ4v) is 2.27. The summed E-state index contributed by atoms with van der Waals surface area (Å²) in [6.45, 7) is 9.41. The molecule has 19 heavy (non-hydrogen) atoms. The quantitative estimate of drug-likeness (QED) is 0.857. The van der Waals surface area contributed by atoms with Crippen molar-refractivity contribution in [3.8, 4) is 0 Å². The van der Waals surface area contributed by atoms with E-state index in [1.54, 1.807) is 4.90 Å². The minimum absolute atomic E-state index is 0.120. The maximum atomic E-state index is 11.9. The lowest BCUT2D eigenvalue weighted by molar-refractivity contribution is -0.131. The number of carbonyl (C=O) groups is 1. The lowest BCUT2D eigenvalue weighted by atomic mass is 9.98. The van der Waals surface area contributed by atoms with E-state index < -0.39 is 6.10 Å². The summed E-state index contributed by atoms with van der Waals surface area (Å²) in [5.41, 5.74) is 3.15. The van der Waals surface area contributed by atoms with Crippen molar-refractivity contribution < 1.29 is 9.90 Å². The highest BCUT2D eigenvalue weighted by Gasteiger charge is 2.15. The van der Waals surface area contributed by atoms with Crippen molar-refractivity contribution in [3.63, 3.8) is 0 Å². The van der Waals surface area contributed by atoms with Crippen LogP contribution in [0.15, 0.2) is 18.2 Å². The third-order valence-corrected chi connectivity index (χ3v) is 3.54. The Hall–Kier alpha value is -1.35. The maximum Gasteiger partial charge on any atom is 0.222 e. The Bertz CT molecular complexity index is 425. The molecule has 0 heterocycles. The average Bonchev–Trinajstić information content (AvgIpc) is 2.40. The van der Waals surface area contributed by atoms with Crippen LogP contribution in [0, 0.1) is 13.8 Å². The lowest BCUT2D eigenvalue weighted by Gasteiger charge is -2.20. The molecule has 0 aliphatic rings. The van der Waals surface area contributed by atoms with Crippen molar-refractivity contribution in [2.45, 2.75) is 46.6 Å². The van der Waals surface area contributed by atoms with E-state index in [0.29, 0.717) is 12.8 Å². The number of nitrogens with zero attached hydrogens (tertiary/aromatic N) is 1. The Kier molecular flexibility index (Phi) is 6.03. The molecule has 0 aliphatic heterocycles. The molecule has 1 rings (SSSR count). The number of hydrogen-bond acceptors (Lipinski definition) is 2. The first kappa shape index (κ1) is 15.7. The molecule has 0 fully saturated rings. The molecule has 1 aromatic rings. The number of amides is 1. The van der Waals surface area contributed by atoms with Crippen LogP contribution in [0.3, 0.4) is 0 Å². The Balaban J connectivity index is 2.62. The van der Waals surface area contributed by atoms with Crippen molar-refractivity contribution in [3.05, 3.63) is 34.9 Å². The molecule has 106 valence electrons. The predicted molar refractivity (Wildman–Crippen MR) is 78.0 cm³/mol. The summed E-state index contributed by atoms with van der Waals surface area (Å²) in [7, 11) is 0. The van der Waals surface area contributed by atoms with Gasteiger partial charge in [0.1, 0.15) is 0 Å². The van der Waals surface area contributed by atoms with Gasteiger partial charge in [-0.15, -0.1) is 0 Å². The zero-order chi connectivity index (χ0) is 14.4. The standard InChI is InChI=1S/C16H25NO2/c1-5-17(6-2)16(19)10-9-15(18)14-11-12(3)7-8-13(14)4/h7-8,11,15,18H,5-6,9-10H2,1-4H3. The Morgan fingerprint density at radius 2 is 1.89 bits per heavy atom. The van der Waals surface area contributed by atoms with Crippen LogP contribution in [-0.4, -0.2) is 29.0 Å². The van der Waals surface area contributed by atoms with E-state index >= 15 is 0 Å². The van der Waals surface area contributed by atoms with Crippen molar-refractivity contribution in [2.24, 2.45) is 0 Å². The van der Waals surface area contributed by atoms with E-state index in [1.807, 2.05) is 45.9 Å². The second kappa shape index (κ2) is 7.29. The van der Waals surface area contributed by atoms with E-state index in [2.05, 4.69) is 0 Å². The molecule has 0 saturated carbocycles. The second-order valence-corrected chi connectivity index (χ2v) is 4.98. The molecule has 1 amide bonds. The molecule has 0 radical (unpaired) electrons. The second-order valence-electron chi connectivity index (χ2n) is 4.98. The third-order valence-electron chi connectivity index (χ3n) is 3.54. The van der Waals surface area contributed by atoms with Gasteiger partial charge >= 0.3 is 0 Å². The number of aliphatic hydroxyl groups is 1. The molecule has 0 spiro atoms. The molecule has 1 N–H and O–H groups in total. The van der Waals surface area contributed by atoms with E-state index in [1.165, 1.54) is 0 Å². The topological polar surface area (TPSA) is 40.5 Å². The van der Waals surface area contributed by atoms with Gasteiger partial charge in [0.25, 0.3) is 0 Å². The molecule has 1 aromatic carbocycles. The van der Waals surface area contributed by atoms with Crippen LogP contribution in [0.1, 0.15) is 49.5 Å². The predicted octanol–water partition coefficient (Wildman–Crippen LogP) is 2.99. The van der Waals surface area contributed by atoms with Gasteiger partial charge in [-0.25, -0.2) is 0 Å². The van der Waals surface area contributed by atoms with Gasteiger partial charge in [0.2, 0.25) is 5.91 Å². The van der Waals surface area contributed by atoms with Gasteiger partial charge in [-0.3, -0.25) is 4.79 Å². The molecular formula is C16H25NO2. The zero-order valence-corrected chi connectivity index (χ0v) is 12.4. The van der Waals surface area contributed by atoms with Crippen LogP contribution < -0.4 is 0 Å². The highest BCUT2D eigenvalue weighted by atomic mass is 16.3. The SMILES string of the molecule is CCN(CC)C(=O)CCC(O)c1cc(C)ccc1C. The van der Waals surface area contributed by atoms with Crippen molar-refractivity contribution in [1.29, 1.82) is 0 Å². The maximum absolute atomic E-state index is 11.9. The molecule has 1 unspecified atom stereocenters. The molecule has 0 aromatic heterocycles. The normalized spacial score (nSPS) is 12.3. The van der Waals surface area contributed by atoms with Crippen LogP contribution in [0.5, 0.6) is 0 Å². The molecule has 0 bridgehead atoms. The first-order valence-electron chi connectivity index (χ1n) is 7.02. The zero-order valence-electron chi connectivity index (χ0n) is 12.4. The average molecular weight is 263 g/mol. The van der Waals surface area contributed by atoms with Gasteiger partial charge in [0.15, 0.2) is 0 Å². The van der Waals surface area contributed by atoms with Crippen LogP contribution in [0.25, 0.3) is 0 Å². The van der Waals surface area contributed by atoms with Gasteiger partial charge in [0, 0.05) is 19.5 Å². The Labute approximate surface area is 116 Å². The summed E-state index contributed by atoms with van der Waals surface area (Å²) >= 11 is 0. The van der Waals surface area contributed by atoms with Crippen molar-refractivity contribution in [2.75, 3.05) is 13.1 Å². The lowest BCUT2D eigenvalue weighted by Crippen LogP contribution is -2.30. The fourth-order valence-electron chi connectivity index (χ4n) is 2.27. The third kappa shape index (κ3) is 4.35. The molecule has 0 aliphatic carbocycles. The van der Waals surface area contributed by atoms with E-state index in [0.717, 1.165) is 29.8 Å². The summed E-state index contributed by atoms with van der Waals surface area (Å²) < 4.78 is 0. The molecule has 3 heteroatoms. The van der Waals surface area contributed by atoms with Crippen molar-refractivity contribution in [1.82, 2.24) is 4.90 Å². The summed E-state index contributed by atoms with van der Waals surface area (Å²) in [6, 6.07) is 6.05. The Morgan fingerprint density at radius 1 is 1.26 bits per heavy atom. The first-order valence-corrected chi connectivity index (χ1v) is 7.02. The minimum Gasteiger partial charge on any atom is -0.388 e. The van der Waals surface area contributed by atoms with E-state index in [9.17, 15) is 9.90 Å². The Morgan fingerprint density at radius 3 is 2.47 bits per heavy atom. The van der Waals surface area contributed by atoms with Crippen molar-refractivity contribution >= 4 is 5.91 Å². The molecule has 1 atom stereocenters. The largest absolute Gasteiger partial charge is 0.388 e. The molecule has 0 saturated heterocycles. The van der Waals surface area contributed by atoms with E-state index in [4.69, 9.17) is 0 Å². The highest BCUT2D eigenvalue weighted by molar-refractivity contribution is 5.76. The van der Waals surface area contributed by atoms with Gasteiger partial charge < -0.3 is 10.0 Å². The minimum atomic E-state index is -0.556. The summed E-state index contributed by atoms with van der Waals surface area (Å²) in [6.07, 6.45) is 0.329. The van der Waals surface area contributed by atoms with Crippen LogP contribution in [-0.2, 0) is 4.79 Å². The number of aliphatic hydroxyl groups excluding tert-OH is 1. The van der Waals surface area contributed by atoms with E-state index in [-0.39, 0.29) is 5.91 Å². The number of aryl methyl sites for hydroxylation is 2.